The van der Waals surface area contributed by atoms with Crippen molar-refractivity contribution in [2.45, 2.75) is 70.2 Å². The quantitative estimate of drug-likeness (QED) is 0.279. The Morgan fingerprint density at radius 3 is 2.73 bits per heavy atom. The number of nitrogens with zero attached hydrogens (tertiary/aromatic N) is 2. The van der Waals surface area contributed by atoms with Crippen molar-refractivity contribution < 1.29 is 29.0 Å². The molecule has 1 spiro atoms. The fourth-order valence-corrected chi connectivity index (χ4v) is 6.38. The smallest absolute Gasteiger partial charge is 0.312 e. The number of ether oxygens (including phenoxy) is 2. The van der Waals surface area contributed by atoms with Crippen LogP contribution < -0.4 is 4.90 Å². The fourth-order valence-electron chi connectivity index (χ4n) is 6.38. The summed E-state index contributed by atoms with van der Waals surface area (Å²) in [5.41, 5.74) is 1.50. The van der Waals surface area contributed by atoms with Gasteiger partial charge in [0.25, 0.3) is 5.91 Å². The topological polar surface area (TPSA) is 96.4 Å². The van der Waals surface area contributed by atoms with E-state index in [1.54, 1.807) is 17.1 Å². The summed E-state index contributed by atoms with van der Waals surface area (Å²) in [5, 5.41) is 10.2. The molecule has 0 aromatic heterocycles. The third-order valence-corrected chi connectivity index (χ3v) is 8.12. The van der Waals surface area contributed by atoms with Crippen molar-refractivity contribution in [1.82, 2.24) is 4.90 Å². The number of carbonyl (C=O) groups excluding carboxylic acids is 3. The summed E-state index contributed by atoms with van der Waals surface area (Å²) >= 11 is 0. The van der Waals surface area contributed by atoms with E-state index in [2.05, 4.69) is 13.2 Å². The first-order valence-corrected chi connectivity index (χ1v) is 13.1. The van der Waals surface area contributed by atoms with E-state index in [0.717, 1.165) is 16.8 Å². The zero-order valence-corrected chi connectivity index (χ0v) is 22.0. The first-order valence-electron chi connectivity index (χ1n) is 13.1. The molecule has 2 bridgehead atoms. The lowest BCUT2D eigenvalue weighted by Crippen LogP contribution is -2.59. The number of hydrogen-bond acceptors (Lipinski definition) is 6. The van der Waals surface area contributed by atoms with Crippen molar-refractivity contribution in [3.63, 3.8) is 0 Å². The van der Waals surface area contributed by atoms with Crippen LogP contribution in [0.5, 0.6) is 0 Å². The summed E-state index contributed by atoms with van der Waals surface area (Å²) in [5.74, 6) is -2.71. The largest absolute Gasteiger partial charge is 0.465 e. The van der Waals surface area contributed by atoms with Crippen LogP contribution in [0.3, 0.4) is 0 Å². The summed E-state index contributed by atoms with van der Waals surface area (Å²) in [6, 6.07) is 4.34. The van der Waals surface area contributed by atoms with Gasteiger partial charge in [0.1, 0.15) is 11.6 Å². The van der Waals surface area contributed by atoms with Gasteiger partial charge in [-0.1, -0.05) is 31.2 Å². The van der Waals surface area contributed by atoms with E-state index >= 15 is 0 Å². The second kappa shape index (κ2) is 10.8. The van der Waals surface area contributed by atoms with Gasteiger partial charge in [0.05, 0.1) is 37.2 Å². The average Bonchev–Trinajstić information content (AvgIpc) is 3.52. The predicted octanol–water partition coefficient (Wildman–Crippen LogP) is 3.09. The summed E-state index contributed by atoms with van der Waals surface area (Å²) in [4.78, 5) is 44.9. The molecule has 3 aliphatic rings. The van der Waals surface area contributed by atoms with Crippen LogP contribution in [-0.2, 0) is 23.9 Å². The van der Waals surface area contributed by atoms with Crippen LogP contribution in [-0.4, -0.2) is 71.3 Å². The number of hydrogen-bond donors (Lipinski definition) is 1. The molecule has 2 unspecified atom stereocenters. The Balaban J connectivity index is 1.79. The molecule has 1 N–H and O–H groups in total. The van der Waals surface area contributed by atoms with Gasteiger partial charge in [-0.25, -0.2) is 0 Å². The summed E-state index contributed by atoms with van der Waals surface area (Å²) in [6.45, 7) is 13.4. The normalized spacial score (nSPS) is 28.6. The second-order valence-electron chi connectivity index (χ2n) is 10.3. The number of benzene rings is 1. The monoisotopic (exact) mass is 510 g/mol. The molecule has 3 aliphatic heterocycles. The van der Waals surface area contributed by atoms with Gasteiger partial charge < -0.3 is 24.4 Å². The number of fused-ring (bicyclic) bond motifs is 1. The Morgan fingerprint density at radius 1 is 1.32 bits per heavy atom. The van der Waals surface area contributed by atoms with Gasteiger partial charge in [0, 0.05) is 12.2 Å². The lowest BCUT2D eigenvalue weighted by atomic mass is 9.70. The Hall–Kier alpha value is -2.97. The van der Waals surface area contributed by atoms with Crippen molar-refractivity contribution in [2.75, 3.05) is 24.7 Å². The predicted molar refractivity (Wildman–Crippen MR) is 140 cm³/mol. The SMILES string of the molecule is C=CCCOC(=O)[C@@H]1[C@@H]2CCC3(O2)C(C(=O)N(CC=C)c2cc(C)ccc2C)N([C@@H](CC)CO)C(=O)[C@H]13. The molecular weight excluding hydrogens is 472 g/mol. The summed E-state index contributed by atoms with van der Waals surface area (Å²) in [7, 11) is 0. The van der Waals surface area contributed by atoms with Gasteiger partial charge in [-0.3, -0.25) is 14.4 Å². The molecule has 4 rings (SSSR count). The van der Waals surface area contributed by atoms with E-state index in [1.165, 1.54) is 4.90 Å². The maximum atomic E-state index is 14.5. The maximum absolute atomic E-state index is 14.5. The van der Waals surface area contributed by atoms with Crippen LogP contribution >= 0.6 is 0 Å². The Bertz CT molecular complexity index is 1080. The molecule has 8 nitrogen and oxygen atoms in total. The molecule has 3 fully saturated rings. The summed E-state index contributed by atoms with van der Waals surface area (Å²) in [6.07, 6.45) is 4.85. The second-order valence-corrected chi connectivity index (χ2v) is 10.3. The van der Waals surface area contributed by atoms with Crippen molar-refractivity contribution in [3.8, 4) is 0 Å². The van der Waals surface area contributed by atoms with Crippen molar-refractivity contribution in [1.29, 1.82) is 0 Å². The number of aryl methyl sites for hydroxylation is 2. The number of anilines is 1. The number of esters is 1. The lowest BCUT2D eigenvalue weighted by Gasteiger charge is -2.39. The standard InChI is InChI=1S/C29H38N2O6/c1-6-9-15-36-28(35)23-22-12-13-29(37-22)24(23)26(33)31(20(8-3)17-32)25(29)27(34)30(14-7-2)21-16-18(4)10-11-19(21)5/h6-7,10-11,16,20,22-25,32H,1-2,8-9,12-15,17H2,3-5H3/t20-,22-,23+,24-,25?,29?/m0/s1. The van der Waals surface area contributed by atoms with E-state index in [0.29, 0.717) is 25.7 Å². The van der Waals surface area contributed by atoms with E-state index in [1.807, 2.05) is 39.0 Å². The summed E-state index contributed by atoms with van der Waals surface area (Å²) < 4.78 is 12.0. The number of aliphatic hydroxyl groups excluding tert-OH is 1. The van der Waals surface area contributed by atoms with E-state index in [-0.39, 0.29) is 31.6 Å². The van der Waals surface area contributed by atoms with Crippen molar-refractivity contribution >= 4 is 23.5 Å². The number of carbonyl (C=O) groups is 3. The molecule has 0 saturated carbocycles. The van der Waals surface area contributed by atoms with Crippen LogP contribution in [0.15, 0.2) is 43.5 Å². The van der Waals surface area contributed by atoms with Crippen molar-refractivity contribution in [3.05, 3.63) is 54.6 Å². The minimum atomic E-state index is -1.15. The highest BCUT2D eigenvalue weighted by molar-refractivity contribution is 6.05. The van der Waals surface area contributed by atoms with E-state index < -0.39 is 41.6 Å². The Kier molecular flexibility index (Phi) is 7.90. The number of rotatable bonds is 11. The molecule has 0 radical (unpaired) electrons. The molecular formula is C29H38N2O6. The highest BCUT2D eigenvalue weighted by Crippen LogP contribution is 2.59. The lowest BCUT2D eigenvalue weighted by molar-refractivity contribution is -0.155. The van der Waals surface area contributed by atoms with Gasteiger partial charge in [0.15, 0.2) is 0 Å². The molecule has 1 aromatic carbocycles. The first kappa shape index (κ1) is 27.1. The van der Waals surface area contributed by atoms with E-state index in [4.69, 9.17) is 9.47 Å². The Labute approximate surface area is 218 Å². The molecule has 8 heteroatoms. The number of aliphatic hydroxyl groups is 1. The van der Waals surface area contributed by atoms with Crippen LogP contribution in [0.25, 0.3) is 0 Å². The van der Waals surface area contributed by atoms with Gasteiger partial charge in [0.2, 0.25) is 5.91 Å². The molecule has 200 valence electrons. The zero-order chi connectivity index (χ0) is 26.9. The minimum absolute atomic E-state index is 0.180. The third-order valence-electron chi connectivity index (χ3n) is 8.12. The highest BCUT2D eigenvalue weighted by Gasteiger charge is 2.75. The average molecular weight is 511 g/mol. The van der Waals surface area contributed by atoms with Gasteiger partial charge in [-0.15, -0.1) is 13.2 Å². The molecule has 1 aromatic rings. The number of likely N-dealkylation sites (tertiary alicyclic amines) is 1. The molecule has 6 atom stereocenters. The Morgan fingerprint density at radius 2 is 2.08 bits per heavy atom. The maximum Gasteiger partial charge on any atom is 0.312 e. The molecule has 3 heterocycles. The van der Waals surface area contributed by atoms with Crippen LogP contribution in [0.2, 0.25) is 0 Å². The van der Waals surface area contributed by atoms with Gasteiger partial charge in [-0.2, -0.15) is 0 Å². The van der Waals surface area contributed by atoms with E-state index in [9.17, 15) is 19.5 Å². The van der Waals surface area contributed by atoms with Gasteiger partial charge in [-0.05, 0) is 56.7 Å². The highest BCUT2D eigenvalue weighted by atomic mass is 16.6. The fraction of sp³-hybridized carbons (Fsp3) is 0.552. The first-order chi connectivity index (χ1) is 17.7. The van der Waals surface area contributed by atoms with Crippen molar-refractivity contribution in [2.24, 2.45) is 11.8 Å². The van der Waals surface area contributed by atoms with Crippen LogP contribution in [0, 0.1) is 25.7 Å². The number of amides is 2. The third kappa shape index (κ3) is 4.40. The molecule has 37 heavy (non-hydrogen) atoms. The molecule has 3 saturated heterocycles. The zero-order valence-electron chi connectivity index (χ0n) is 22.0. The van der Waals surface area contributed by atoms with Gasteiger partial charge >= 0.3 is 5.97 Å². The van der Waals surface area contributed by atoms with Crippen LogP contribution in [0.1, 0.15) is 43.7 Å². The van der Waals surface area contributed by atoms with Crippen LogP contribution in [0.4, 0.5) is 5.69 Å². The molecule has 2 amide bonds. The minimum Gasteiger partial charge on any atom is -0.465 e. The molecule has 0 aliphatic carbocycles.